The van der Waals surface area contributed by atoms with Gasteiger partial charge in [-0.2, -0.15) is 10.2 Å². The number of nitrogens with zero attached hydrogens (tertiary/aromatic N) is 3. The zero-order chi connectivity index (χ0) is 24.9. The average molecular weight is 466 g/mol. The Kier molecular flexibility index (Phi) is 6.60. The quantitative estimate of drug-likeness (QED) is 0.327. The largest absolute Gasteiger partial charge is 0.497 e. The van der Waals surface area contributed by atoms with Gasteiger partial charge >= 0.3 is 0 Å². The van der Waals surface area contributed by atoms with Crippen molar-refractivity contribution >= 4 is 23.3 Å². The molecule has 0 unspecified atom stereocenters. The van der Waals surface area contributed by atoms with E-state index >= 15 is 0 Å². The zero-order valence-electron chi connectivity index (χ0n) is 19.4. The highest BCUT2D eigenvalue weighted by Gasteiger charge is 2.18. The van der Waals surface area contributed by atoms with Crippen LogP contribution >= 0.6 is 0 Å². The molecule has 0 radical (unpaired) electrons. The lowest BCUT2D eigenvalue weighted by Gasteiger charge is -2.11. The van der Waals surface area contributed by atoms with Gasteiger partial charge in [0, 0.05) is 11.9 Å². The van der Waals surface area contributed by atoms with Gasteiger partial charge in [-0.1, -0.05) is 12.1 Å². The van der Waals surface area contributed by atoms with Crippen LogP contribution in [0.5, 0.6) is 17.4 Å². The first-order valence-corrected chi connectivity index (χ1v) is 10.7. The molecule has 0 aliphatic carbocycles. The molecule has 0 saturated carbocycles. The Balaban J connectivity index is 1.77. The van der Waals surface area contributed by atoms with E-state index in [0.29, 0.717) is 22.8 Å². The van der Waals surface area contributed by atoms with Gasteiger partial charge in [-0.3, -0.25) is 14.0 Å². The first kappa shape index (κ1) is 23.3. The molecule has 174 valence electrons. The van der Waals surface area contributed by atoms with Crippen molar-refractivity contribution < 1.29 is 14.3 Å². The summed E-state index contributed by atoms with van der Waals surface area (Å²) in [6.07, 6.45) is 2.75. The highest BCUT2D eigenvalue weighted by atomic mass is 16.5. The number of nitrogens with one attached hydrogen (secondary N) is 1. The number of hydrogen-bond donors (Lipinski definition) is 1. The smallest absolute Gasteiger partial charge is 0.269 e. The predicted octanol–water partition coefficient (Wildman–Crippen LogP) is 4.66. The zero-order valence-corrected chi connectivity index (χ0v) is 19.4. The number of amides is 1. The van der Waals surface area contributed by atoms with Gasteiger partial charge in [0.2, 0.25) is 5.88 Å². The van der Waals surface area contributed by atoms with Gasteiger partial charge in [0.15, 0.2) is 0 Å². The van der Waals surface area contributed by atoms with E-state index in [1.807, 2.05) is 32.0 Å². The number of pyridine rings is 1. The maximum Gasteiger partial charge on any atom is 0.269 e. The van der Waals surface area contributed by atoms with Crippen LogP contribution in [0, 0.1) is 25.2 Å². The number of benzene rings is 2. The average Bonchev–Trinajstić information content (AvgIpc) is 2.86. The molecule has 2 aromatic heterocycles. The van der Waals surface area contributed by atoms with Crippen molar-refractivity contribution in [2.24, 2.45) is 0 Å². The molecule has 1 N–H and O–H groups in total. The van der Waals surface area contributed by atoms with Crippen molar-refractivity contribution in [3.05, 3.63) is 99.5 Å². The first-order chi connectivity index (χ1) is 16.9. The maximum atomic E-state index is 13.3. The summed E-state index contributed by atoms with van der Waals surface area (Å²) < 4.78 is 12.4. The lowest BCUT2D eigenvalue weighted by molar-refractivity contribution is -0.112. The van der Waals surface area contributed by atoms with Crippen molar-refractivity contribution in [1.82, 2.24) is 9.38 Å². The van der Waals surface area contributed by atoms with Gasteiger partial charge in [-0.15, -0.1) is 0 Å². The van der Waals surface area contributed by atoms with Gasteiger partial charge in [0.05, 0.1) is 7.11 Å². The lowest BCUT2D eigenvalue weighted by Crippen LogP contribution is -2.20. The monoisotopic (exact) mass is 466 g/mol. The molecule has 4 rings (SSSR count). The van der Waals surface area contributed by atoms with E-state index in [0.717, 1.165) is 11.1 Å². The number of rotatable bonds is 6. The number of aryl methyl sites for hydroxylation is 2. The topological polar surface area (TPSA) is 106 Å². The molecule has 0 atom stereocenters. The van der Waals surface area contributed by atoms with Crippen LogP contribution in [0.15, 0.2) is 77.2 Å². The number of aromatic nitrogens is 2. The Morgan fingerprint density at radius 1 is 1.06 bits per heavy atom. The molecule has 1 amide bonds. The van der Waals surface area contributed by atoms with Crippen molar-refractivity contribution in [3.8, 4) is 23.4 Å². The summed E-state index contributed by atoms with van der Waals surface area (Å²) >= 11 is 0. The summed E-state index contributed by atoms with van der Waals surface area (Å²) in [6.45, 7) is 3.89. The Bertz CT molecular complexity index is 1550. The second-order valence-electron chi connectivity index (χ2n) is 7.77. The molecular weight excluding hydrogens is 444 g/mol. The number of fused-ring (bicyclic) bond motifs is 1. The number of methoxy groups -OCH3 is 1. The minimum absolute atomic E-state index is 0.0295. The van der Waals surface area contributed by atoms with Crippen LogP contribution in [0.1, 0.15) is 16.7 Å². The van der Waals surface area contributed by atoms with Gasteiger partial charge in [-0.25, -0.2) is 0 Å². The Morgan fingerprint density at radius 2 is 1.80 bits per heavy atom. The second-order valence-corrected chi connectivity index (χ2v) is 7.77. The number of carbonyl (C=O) groups excluding carboxylic acids is 1. The number of anilines is 1. The van der Waals surface area contributed by atoms with E-state index in [-0.39, 0.29) is 17.0 Å². The molecule has 2 heterocycles. The van der Waals surface area contributed by atoms with E-state index in [1.54, 1.807) is 61.8 Å². The standard InChI is InChI=1S/C27H22N4O4/c1-17-7-8-20(14-18(17)2)29-25(32)19(16-28)15-23-26(35-22-11-9-21(34-3)10-12-22)30-24-6-4-5-13-31(24)27(23)33/h4-15H,1-3H3,(H,29,32)/b19-15-. The predicted molar refractivity (Wildman–Crippen MR) is 133 cm³/mol. The third kappa shape index (κ3) is 5.04. The van der Waals surface area contributed by atoms with Crippen LogP contribution in [0.2, 0.25) is 0 Å². The number of nitriles is 1. The van der Waals surface area contributed by atoms with Gasteiger partial charge in [0.1, 0.15) is 34.4 Å². The summed E-state index contributed by atoms with van der Waals surface area (Å²) in [4.78, 5) is 30.6. The van der Waals surface area contributed by atoms with Crippen LogP contribution in [-0.2, 0) is 4.79 Å². The third-order valence-corrected chi connectivity index (χ3v) is 5.43. The molecular formula is C27H22N4O4. The molecule has 8 nitrogen and oxygen atoms in total. The van der Waals surface area contributed by atoms with Crippen LogP contribution in [0.25, 0.3) is 11.7 Å². The van der Waals surface area contributed by atoms with Crippen molar-refractivity contribution in [2.75, 3.05) is 12.4 Å². The minimum Gasteiger partial charge on any atom is -0.497 e. The minimum atomic E-state index is -0.649. The molecule has 0 spiro atoms. The van der Waals surface area contributed by atoms with Crippen LogP contribution in [-0.4, -0.2) is 22.4 Å². The maximum absolute atomic E-state index is 13.3. The van der Waals surface area contributed by atoms with Crippen LogP contribution < -0.4 is 20.3 Å². The molecule has 0 aliphatic rings. The Hall–Kier alpha value is -4.90. The highest BCUT2D eigenvalue weighted by molar-refractivity contribution is 6.09. The van der Waals surface area contributed by atoms with Crippen LogP contribution in [0.3, 0.4) is 0 Å². The first-order valence-electron chi connectivity index (χ1n) is 10.7. The molecule has 0 fully saturated rings. The van der Waals surface area contributed by atoms with Crippen molar-refractivity contribution in [1.29, 1.82) is 5.26 Å². The van der Waals surface area contributed by atoms with E-state index < -0.39 is 11.5 Å². The van der Waals surface area contributed by atoms with E-state index in [9.17, 15) is 14.9 Å². The number of hydrogen-bond acceptors (Lipinski definition) is 6. The highest BCUT2D eigenvalue weighted by Crippen LogP contribution is 2.26. The fraction of sp³-hybridized carbons (Fsp3) is 0.111. The van der Waals surface area contributed by atoms with Gasteiger partial charge in [0.25, 0.3) is 11.5 Å². The summed E-state index contributed by atoms with van der Waals surface area (Å²) in [5.41, 5.74) is 2.20. The number of ether oxygens (including phenoxy) is 2. The Morgan fingerprint density at radius 3 is 2.49 bits per heavy atom. The fourth-order valence-corrected chi connectivity index (χ4v) is 3.35. The van der Waals surface area contributed by atoms with Gasteiger partial charge < -0.3 is 14.8 Å². The van der Waals surface area contributed by atoms with Gasteiger partial charge in [-0.05, 0) is 79.6 Å². The summed E-state index contributed by atoms with van der Waals surface area (Å²) in [7, 11) is 1.55. The van der Waals surface area contributed by atoms with E-state index in [1.165, 1.54) is 10.5 Å². The fourth-order valence-electron chi connectivity index (χ4n) is 3.35. The summed E-state index contributed by atoms with van der Waals surface area (Å²) in [5.74, 6) is 0.367. The van der Waals surface area contributed by atoms with E-state index in [2.05, 4.69) is 10.3 Å². The molecule has 4 aromatic rings. The van der Waals surface area contributed by atoms with Crippen molar-refractivity contribution in [3.63, 3.8) is 0 Å². The second kappa shape index (κ2) is 9.93. The third-order valence-electron chi connectivity index (χ3n) is 5.43. The molecule has 35 heavy (non-hydrogen) atoms. The molecule has 0 bridgehead atoms. The summed E-state index contributed by atoms with van der Waals surface area (Å²) in [5, 5.41) is 12.4. The molecule has 8 heteroatoms. The lowest BCUT2D eigenvalue weighted by atomic mass is 10.1. The molecule has 2 aromatic carbocycles. The normalized spacial score (nSPS) is 11.1. The SMILES string of the molecule is COc1ccc(Oc2nc3ccccn3c(=O)c2/C=C(/C#N)C(=O)Nc2ccc(C)c(C)c2)cc1. The summed E-state index contributed by atoms with van der Waals surface area (Å²) in [6, 6.07) is 19.1. The van der Waals surface area contributed by atoms with Crippen LogP contribution in [0.4, 0.5) is 5.69 Å². The molecule has 0 aliphatic heterocycles. The molecule has 0 saturated heterocycles. The number of carbonyl (C=O) groups is 1. The Labute approximate surface area is 201 Å². The van der Waals surface area contributed by atoms with Crippen molar-refractivity contribution in [2.45, 2.75) is 13.8 Å². The van der Waals surface area contributed by atoms with E-state index in [4.69, 9.17) is 9.47 Å².